The fraction of sp³-hybridized carbons (Fsp3) is 0.333. The average Bonchev–Trinajstić information content (AvgIpc) is 3.11. The molecule has 1 aliphatic carbocycles. The number of hydrogen-bond acceptors (Lipinski definition) is 6. The highest BCUT2D eigenvalue weighted by molar-refractivity contribution is 6.11. The van der Waals surface area contributed by atoms with Crippen molar-refractivity contribution in [1.82, 2.24) is 9.97 Å². The van der Waals surface area contributed by atoms with Crippen LogP contribution in [0.15, 0.2) is 48.5 Å². The van der Waals surface area contributed by atoms with Crippen molar-refractivity contribution in [2.24, 2.45) is 16.9 Å². The number of carbonyl (C=O) groups is 3. The number of carbonyl (C=O) groups excluding carboxylic acids is 2. The lowest BCUT2D eigenvalue weighted by atomic mass is 9.67. The Hall–Kier alpha value is -2.84. The van der Waals surface area contributed by atoms with Crippen LogP contribution in [0.2, 0.25) is 0 Å². The summed E-state index contributed by atoms with van der Waals surface area (Å²) in [7, 11) is 0. The van der Waals surface area contributed by atoms with Crippen LogP contribution in [0.4, 0.5) is 0 Å². The number of Topliss-reactive ketones (excluding diaryl/α,β-unsaturated/α-hetero) is 2. The van der Waals surface area contributed by atoms with E-state index in [0.717, 1.165) is 6.08 Å². The standard InChI is InChI=1S/C18H22N4O4/c1-11(19)16(25)13(8-15(23)24)18(5-3-2-4-6-18)17(26)14(20)7-12-9-21-10-22-12/h2-5,8-11,14H,6-7,19-20H2,1H3,(H,21,22)(H,23,24)/t11-,14-,18?/m0/s1. The Morgan fingerprint density at radius 2 is 2.12 bits per heavy atom. The van der Waals surface area contributed by atoms with E-state index in [1.165, 1.54) is 19.3 Å². The molecular weight excluding hydrogens is 336 g/mol. The highest BCUT2D eigenvalue weighted by Gasteiger charge is 2.45. The van der Waals surface area contributed by atoms with Gasteiger partial charge < -0.3 is 21.6 Å². The molecule has 3 atom stereocenters. The van der Waals surface area contributed by atoms with Crippen molar-refractivity contribution in [3.63, 3.8) is 0 Å². The zero-order valence-electron chi connectivity index (χ0n) is 14.4. The lowest BCUT2D eigenvalue weighted by Gasteiger charge is -2.34. The van der Waals surface area contributed by atoms with Gasteiger partial charge in [0.05, 0.1) is 23.8 Å². The Labute approximate surface area is 150 Å². The van der Waals surface area contributed by atoms with Gasteiger partial charge in [-0.05, 0) is 13.3 Å². The molecule has 1 heterocycles. The van der Waals surface area contributed by atoms with Crippen molar-refractivity contribution in [2.45, 2.75) is 31.8 Å². The summed E-state index contributed by atoms with van der Waals surface area (Å²) in [6, 6.07) is -1.90. The molecule has 8 heteroatoms. The number of aliphatic carboxylic acids is 1. The first-order valence-corrected chi connectivity index (χ1v) is 8.14. The lowest BCUT2D eigenvalue weighted by Crippen LogP contribution is -2.48. The van der Waals surface area contributed by atoms with Crippen LogP contribution in [-0.4, -0.2) is 44.7 Å². The molecule has 0 aromatic carbocycles. The van der Waals surface area contributed by atoms with E-state index < -0.39 is 35.0 Å². The molecule has 0 saturated carbocycles. The number of hydrogen-bond donors (Lipinski definition) is 4. The van der Waals surface area contributed by atoms with E-state index in [1.807, 2.05) is 0 Å². The number of rotatable bonds is 8. The van der Waals surface area contributed by atoms with Crippen LogP contribution >= 0.6 is 0 Å². The SMILES string of the molecule is C[C@H](N)C(=O)C(=CC(=O)O)C1(C(=O)[C@@H](N)Cc2cnc[nH]2)C=CC=CC1. The van der Waals surface area contributed by atoms with E-state index in [1.54, 1.807) is 24.4 Å². The maximum Gasteiger partial charge on any atom is 0.328 e. The summed E-state index contributed by atoms with van der Waals surface area (Å²) in [5.74, 6) is -2.38. The van der Waals surface area contributed by atoms with Gasteiger partial charge in [0, 0.05) is 30.0 Å². The molecule has 8 nitrogen and oxygen atoms in total. The minimum atomic E-state index is -1.46. The van der Waals surface area contributed by atoms with E-state index in [9.17, 15) is 19.5 Å². The second-order valence-corrected chi connectivity index (χ2v) is 6.26. The van der Waals surface area contributed by atoms with Crippen LogP contribution in [0.25, 0.3) is 0 Å². The largest absolute Gasteiger partial charge is 0.478 e. The highest BCUT2D eigenvalue weighted by atomic mass is 16.4. The predicted octanol–water partition coefficient (Wildman–Crippen LogP) is 0.278. The van der Waals surface area contributed by atoms with Gasteiger partial charge in [0.1, 0.15) is 0 Å². The second-order valence-electron chi connectivity index (χ2n) is 6.26. The van der Waals surface area contributed by atoms with Crippen molar-refractivity contribution in [3.8, 4) is 0 Å². The van der Waals surface area contributed by atoms with Crippen LogP contribution in [0.5, 0.6) is 0 Å². The molecule has 0 radical (unpaired) electrons. The van der Waals surface area contributed by atoms with Crippen LogP contribution < -0.4 is 11.5 Å². The van der Waals surface area contributed by atoms with Crippen molar-refractivity contribution in [1.29, 1.82) is 0 Å². The first-order chi connectivity index (χ1) is 12.3. The summed E-state index contributed by atoms with van der Waals surface area (Å²) < 4.78 is 0. The van der Waals surface area contributed by atoms with Gasteiger partial charge in [0.25, 0.3) is 0 Å². The summed E-state index contributed by atoms with van der Waals surface area (Å²) in [5, 5.41) is 9.22. The molecule has 1 aromatic rings. The number of ketones is 2. The summed E-state index contributed by atoms with van der Waals surface area (Å²) in [6.45, 7) is 1.45. The number of imidazole rings is 1. The van der Waals surface area contributed by atoms with Gasteiger partial charge >= 0.3 is 5.97 Å². The number of aromatic nitrogens is 2. The highest BCUT2D eigenvalue weighted by Crippen LogP contribution is 2.39. The Balaban J connectivity index is 2.47. The number of carboxylic acid groups (broad SMARTS) is 1. The van der Waals surface area contributed by atoms with Crippen molar-refractivity contribution in [3.05, 3.63) is 54.2 Å². The Kier molecular flexibility index (Phi) is 6.01. The van der Waals surface area contributed by atoms with E-state index in [-0.39, 0.29) is 18.4 Å². The van der Waals surface area contributed by atoms with Gasteiger partial charge in [-0.1, -0.05) is 24.3 Å². The maximum atomic E-state index is 13.2. The smallest absolute Gasteiger partial charge is 0.328 e. The van der Waals surface area contributed by atoms with Gasteiger partial charge in [-0.2, -0.15) is 0 Å². The molecule has 0 aliphatic heterocycles. The summed E-state index contributed by atoms with van der Waals surface area (Å²) >= 11 is 0. The number of H-pyrrole nitrogens is 1. The van der Waals surface area contributed by atoms with E-state index >= 15 is 0 Å². The van der Waals surface area contributed by atoms with E-state index in [2.05, 4.69) is 9.97 Å². The molecule has 138 valence electrons. The quantitative estimate of drug-likeness (QED) is 0.487. The van der Waals surface area contributed by atoms with Crippen molar-refractivity contribution >= 4 is 17.5 Å². The topological polar surface area (TPSA) is 152 Å². The number of carboxylic acids is 1. The monoisotopic (exact) mass is 358 g/mol. The number of allylic oxidation sites excluding steroid dienone is 4. The van der Waals surface area contributed by atoms with Crippen LogP contribution in [0.1, 0.15) is 19.0 Å². The van der Waals surface area contributed by atoms with Crippen LogP contribution in [-0.2, 0) is 20.8 Å². The summed E-state index contributed by atoms with van der Waals surface area (Å²) in [4.78, 5) is 43.9. The maximum absolute atomic E-state index is 13.2. The second kappa shape index (κ2) is 8.03. The third-order valence-corrected chi connectivity index (χ3v) is 4.27. The minimum absolute atomic E-state index is 0.135. The molecule has 0 spiro atoms. The van der Waals surface area contributed by atoms with Gasteiger partial charge in [0.15, 0.2) is 11.6 Å². The molecule has 2 rings (SSSR count). The fourth-order valence-electron chi connectivity index (χ4n) is 2.98. The third-order valence-electron chi connectivity index (χ3n) is 4.27. The molecule has 0 saturated heterocycles. The Morgan fingerprint density at radius 1 is 1.38 bits per heavy atom. The lowest BCUT2D eigenvalue weighted by molar-refractivity contribution is -0.132. The number of nitrogens with zero attached hydrogens (tertiary/aromatic N) is 1. The molecule has 0 fully saturated rings. The van der Waals surface area contributed by atoms with Crippen molar-refractivity contribution in [2.75, 3.05) is 0 Å². The van der Waals surface area contributed by atoms with Gasteiger partial charge in [-0.15, -0.1) is 0 Å². The zero-order valence-corrected chi connectivity index (χ0v) is 14.4. The van der Waals surface area contributed by atoms with Gasteiger partial charge in [-0.25, -0.2) is 9.78 Å². The first-order valence-electron chi connectivity index (χ1n) is 8.14. The molecular formula is C18H22N4O4. The van der Waals surface area contributed by atoms with E-state index in [0.29, 0.717) is 5.69 Å². The molecule has 26 heavy (non-hydrogen) atoms. The molecule has 6 N–H and O–H groups in total. The third kappa shape index (κ3) is 4.04. The number of nitrogens with one attached hydrogen (secondary N) is 1. The summed E-state index contributed by atoms with van der Waals surface area (Å²) in [5.41, 5.74) is 10.8. The molecule has 0 bridgehead atoms. The average molecular weight is 358 g/mol. The van der Waals surface area contributed by atoms with Crippen LogP contribution in [0, 0.1) is 5.41 Å². The predicted molar refractivity (Wildman–Crippen MR) is 95.0 cm³/mol. The Morgan fingerprint density at radius 3 is 2.62 bits per heavy atom. The fourth-order valence-corrected chi connectivity index (χ4v) is 2.98. The molecule has 1 aliphatic rings. The Bertz CT molecular complexity index is 777. The number of nitrogens with two attached hydrogens (primary N) is 2. The first kappa shape index (κ1) is 19.5. The zero-order chi connectivity index (χ0) is 19.3. The summed E-state index contributed by atoms with van der Waals surface area (Å²) in [6.07, 6.45) is 10.7. The molecule has 0 amide bonds. The van der Waals surface area contributed by atoms with Gasteiger partial charge in [0.2, 0.25) is 0 Å². The minimum Gasteiger partial charge on any atom is -0.478 e. The van der Waals surface area contributed by atoms with E-state index in [4.69, 9.17) is 11.5 Å². The molecule has 1 aromatic heterocycles. The number of aromatic amines is 1. The molecule has 1 unspecified atom stereocenters. The van der Waals surface area contributed by atoms with Gasteiger partial charge in [-0.3, -0.25) is 9.59 Å². The normalized spacial score (nSPS) is 22.0. The van der Waals surface area contributed by atoms with Crippen molar-refractivity contribution < 1.29 is 19.5 Å². The van der Waals surface area contributed by atoms with Crippen LogP contribution in [0.3, 0.4) is 0 Å².